The second-order valence-electron chi connectivity index (χ2n) is 6.82. The summed E-state index contributed by atoms with van der Waals surface area (Å²) in [6, 6.07) is 3.83. The van der Waals surface area contributed by atoms with Crippen molar-refractivity contribution in [3.05, 3.63) is 21.9 Å². The van der Waals surface area contributed by atoms with Gasteiger partial charge in [-0.25, -0.2) is 4.98 Å². The lowest BCUT2D eigenvalue weighted by Crippen LogP contribution is -2.34. The smallest absolute Gasteiger partial charge is 0.228 e. The normalized spacial score (nSPS) is 11.4. The number of H-pyrrole nitrogens is 2. The molecule has 144 valence electrons. The molecule has 0 fully saturated rings. The number of tetrazole rings is 1. The zero-order valence-electron chi connectivity index (χ0n) is 15.4. The molecule has 3 heterocycles. The van der Waals surface area contributed by atoms with Gasteiger partial charge in [-0.2, -0.15) is 5.21 Å². The fourth-order valence-electron chi connectivity index (χ4n) is 2.82. The predicted molar refractivity (Wildman–Crippen MR) is 108 cm³/mol. The fraction of sp³-hybridized carbons (Fsp3) is 0.529. The molecule has 0 aliphatic carbocycles. The molecule has 1 amide bonds. The van der Waals surface area contributed by atoms with Gasteiger partial charge >= 0.3 is 0 Å². The number of fused-ring (bicyclic) bond motifs is 1. The topological polar surface area (TPSA) is 103 Å². The van der Waals surface area contributed by atoms with E-state index < -0.39 is 0 Å². The van der Waals surface area contributed by atoms with Crippen LogP contribution in [0.2, 0.25) is 0 Å². The summed E-state index contributed by atoms with van der Waals surface area (Å²) in [7, 11) is 0. The molecule has 0 saturated carbocycles. The van der Waals surface area contributed by atoms with Crippen molar-refractivity contribution in [2.75, 3.05) is 11.4 Å². The van der Waals surface area contributed by atoms with Gasteiger partial charge < -0.3 is 4.98 Å². The van der Waals surface area contributed by atoms with Gasteiger partial charge in [-0.3, -0.25) is 9.69 Å². The third-order valence-corrected chi connectivity index (χ3v) is 5.22. The van der Waals surface area contributed by atoms with Gasteiger partial charge in [0, 0.05) is 19.4 Å². The first kappa shape index (κ1) is 19.6. The van der Waals surface area contributed by atoms with Gasteiger partial charge in [-0.15, -0.1) is 10.2 Å². The number of nitrogens with one attached hydrogen (secondary N) is 2. The number of thiazole rings is 1. The Balaban J connectivity index is 1.60. The molecule has 10 heteroatoms. The monoisotopic (exact) mass is 405 g/mol. The summed E-state index contributed by atoms with van der Waals surface area (Å²) in [6.45, 7) is 4.85. The first-order valence-corrected chi connectivity index (χ1v) is 10.3. The Kier molecular flexibility index (Phi) is 6.62. The van der Waals surface area contributed by atoms with E-state index in [-0.39, 0.29) is 5.91 Å². The minimum atomic E-state index is 0.106. The Labute approximate surface area is 166 Å². The maximum atomic E-state index is 12.8. The Bertz CT molecular complexity index is 932. The lowest BCUT2D eigenvalue weighted by atomic mass is 10.1. The number of pyridine rings is 1. The van der Waals surface area contributed by atoms with Crippen molar-refractivity contribution in [2.45, 2.75) is 46.0 Å². The minimum Gasteiger partial charge on any atom is -0.336 e. The molecule has 0 aliphatic rings. The number of aromatic nitrogens is 6. The van der Waals surface area contributed by atoms with Gasteiger partial charge in [0.25, 0.3) is 0 Å². The molecule has 0 aromatic carbocycles. The van der Waals surface area contributed by atoms with Crippen LogP contribution in [-0.4, -0.2) is 43.0 Å². The number of anilines is 1. The van der Waals surface area contributed by atoms with Crippen LogP contribution in [0.25, 0.3) is 10.3 Å². The third kappa shape index (κ3) is 5.39. The average molecular weight is 406 g/mol. The second kappa shape index (κ2) is 9.14. The van der Waals surface area contributed by atoms with Crippen LogP contribution in [0.5, 0.6) is 0 Å². The van der Waals surface area contributed by atoms with Crippen LogP contribution in [0, 0.1) is 9.87 Å². The zero-order valence-corrected chi connectivity index (χ0v) is 17.1. The highest BCUT2D eigenvalue weighted by molar-refractivity contribution is 7.73. The van der Waals surface area contributed by atoms with E-state index in [9.17, 15) is 4.79 Å². The Morgan fingerprint density at radius 1 is 1.30 bits per heavy atom. The summed E-state index contributed by atoms with van der Waals surface area (Å²) >= 11 is 6.61. The van der Waals surface area contributed by atoms with Crippen molar-refractivity contribution < 1.29 is 4.79 Å². The summed E-state index contributed by atoms with van der Waals surface area (Å²) in [5.74, 6) is 1.87. The lowest BCUT2D eigenvalue weighted by Gasteiger charge is -2.23. The molecular formula is C17H23N7OS2. The maximum absolute atomic E-state index is 12.8. The molecule has 2 N–H and O–H groups in total. The molecule has 3 rings (SSSR count). The van der Waals surface area contributed by atoms with Crippen LogP contribution >= 0.6 is 23.6 Å². The summed E-state index contributed by atoms with van der Waals surface area (Å²) < 4.78 is 0.693. The Morgan fingerprint density at radius 2 is 2.15 bits per heavy atom. The van der Waals surface area contributed by atoms with Gasteiger partial charge in [-0.05, 0) is 43.1 Å². The van der Waals surface area contributed by atoms with E-state index in [1.54, 1.807) is 4.90 Å². The molecule has 0 atom stereocenters. The Hall–Kier alpha value is -2.20. The number of aromatic amines is 2. The molecule has 0 saturated heterocycles. The highest BCUT2D eigenvalue weighted by Gasteiger charge is 2.18. The summed E-state index contributed by atoms with van der Waals surface area (Å²) in [5.41, 5.74) is 0.909. The van der Waals surface area contributed by atoms with Gasteiger partial charge in [0.2, 0.25) is 5.91 Å². The first-order chi connectivity index (χ1) is 13.0. The van der Waals surface area contributed by atoms with Gasteiger partial charge in [0.1, 0.15) is 10.6 Å². The number of hydrogen-bond donors (Lipinski definition) is 2. The average Bonchev–Trinajstić information content (AvgIpc) is 3.26. The van der Waals surface area contributed by atoms with Crippen molar-refractivity contribution in [1.29, 1.82) is 0 Å². The molecule has 0 unspecified atom stereocenters. The van der Waals surface area contributed by atoms with Gasteiger partial charge in [0.15, 0.2) is 9.78 Å². The molecule has 3 aromatic rings. The van der Waals surface area contributed by atoms with Crippen LogP contribution in [-0.2, 0) is 11.2 Å². The number of rotatable bonds is 9. The van der Waals surface area contributed by atoms with E-state index in [2.05, 4.69) is 44.4 Å². The number of carbonyl (C=O) groups is 1. The van der Waals surface area contributed by atoms with Crippen LogP contribution in [0.15, 0.2) is 12.1 Å². The lowest BCUT2D eigenvalue weighted by molar-refractivity contribution is -0.118. The van der Waals surface area contributed by atoms with Gasteiger partial charge in [0.05, 0.1) is 5.52 Å². The number of unbranched alkanes of at least 4 members (excludes halogenated alkanes) is 2. The molecule has 27 heavy (non-hydrogen) atoms. The van der Waals surface area contributed by atoms with E-state index in [0.717, 1.165) is 36.0 Å². The van der Waals surface area contributed by atoms with Crippen LogP contribution in [0.1, 0.15) is 45.4 Å². The largest absolute Gasteiger partial charge is 0.336 e. The molecule has 0 spiro atoms. The van der Waals surface area contributed by atoms with Crippen molar-refractivity contribution in [3.8, 4) is 0 Å². The summed E-state index contributed by atoms with van der Waals surface area (Å²) in [6.07, 6.45) is 3.99. The fourth-order valence-corrected chi connectivity index (χ4v) is 3.88. The van der Waals surface area contributed by atoms with Crippen LogP contribution in [0.4, 0.5) is 5.82 Å². The van der Waals surface area contributed by atoms with Crippen LogP contribution in [0.3, 0.4) is 0 Å². The standard InChI is InChI=1S/C17H23N7OS2/c1-11(2)10-24(14-9-8-12-16(19-14)27-17(26)18-12)15(25)7-5-3-4-6-13-20-22-23-21-13/h8-9,11H,3-7,10H2,1-2H3,(H,18,26)(H,20,21,22,23). The summed E-state index contributed by atoms with van der Waals surface area (Å²) in [4.78, 5) is 23.2. The molecule has 0 aliphatic heterocycles. The second-order valence-corrected chi connectivity index (χ2v) is 8.49. The third-order valence-electron chi connectivity index (χ3n) is 4.08. The molecular weight excluding hydrogens is 382 g/mol. The number of hydrogen-bond acceptors (Lipinski definition) is 7. The predicted octanol–water partition coefficient (Wildman–Crippen LogP) is 3.66. The molecule has 0 radical (unpaired) electrons. The highest BCUT2D eigenvalue weighted by Crippen LogP contribution is 2.23. The van der Waals surface area contributed by atoms with E-state index in [4.69, 9.17) is 12.2 Å². The van der Waals surface area contributed by atoms with Crippen molar-refractivity contribution in [1.82, 2.24) is 30.6 Å². The van der Waals surface area contributed by atoms with Gasteiger partial charge in [-0.1, -0.05) is 36.8 Å². The Morgan fingerprint density at radius 3 is 2.89 bits per heavy atom. The van der Waals surface area contributed by atoms with E-state index in [1.807, 2.05) is 12.1 Å². The SMILES string of the molecule is CC(C)CN(C(=O)CCCCCc1nn[nH]n1)c1ccc2[nH]c(=S)sc2n1. The van der Waals surface area contributed by atoms with E-state index >= 15 is 0 Å². The molecule has 3 aromatic heterocycles. The van der Waals surface area contributed by atoms with E-state index in [1.165, 1.54) is 11.3 Å². The highest BCUT2D eigenvalue weighted by atomic mass is 32.1. The number of nitrogens with zero attached hydrogens (tertiary/aromatic N) is 5. The quantitative estimate of drug-likeness (QED) is 0.416. The van der Waals surface area contributed by atoms with Crippen molar-refractivity contribution in [2.24, 2.45) is 5.92 Å². The number of amides is 1. The molecule has 8 nitrogen and oxygen atoms in total. The molecule has 0 bridgehead atoms. The van der Waals surface area contributed by atoms with E-state index in [0.29, 0.717) is 34.5 Å². The first-order valence-electron chi connectivity index (χ1n) is 9.05. The summed E-state index contributed by atoms with van der Waals surface area (Å²) in [5, 5.41) is 13.9. The number of aryl methyl sites for hydroxylation is 1. The van der Waals surface area contributed by atoms with Crippen LogP contribution < -0.4 is 4.90 Å². The number of carbonyl (C=O) groups excluding carboxylic acids is 1. The minimum absolute atomic E-state index is 0.106. The van der Waals surface area contributed by atoms with Crippen molar-refractivity contribution >= 4 is 45.6 Å². The maximum Gasteiger partial charge on any atom is 0.228 e. The van der Waals surface area contributed by atoms with Crippen molar-refractivity contribution in [3.63, 3.8) is 0 Å². The zero-order chi connectivity index (χ0) is 19.2.